The molecule has 2 unspecified atom stereocenters. The van der Waals surface area contributed by atoms with E-state index in [1.54, 1.807) is 6.20 Å². The van der Waals surface area contributed by atoms with E-state index >= 15 is 0 Å². The molecule has 2 atom stereocenters. The third-order valence-electron chi connectivity index (χ3n) is 3.64. The largest absolute Gasteiger partial charge is 0.443 e. The number of hydrogen-bond acceptors (Lipinski definition) is 4. The quantitative estimate of drug-likeness (QED) is 0.821. The molecule has 1 aromatic carbocycles. The number of para-hydroxylation sites is 1. The summed E-state index contributed by atoms with van der Waals surface area (Å²) >= 11 is 1.86. The lowest BCUT2D eigenvalue weighted by atomic mass is 10.1. The van der Waals surface area contributed by atoms with Gasteiger partial charge in [0, 0.05) is 11.9 Å². The molecular weight excluding hydrogens is 268 g/mol. The average Bonchev–Trinajstić information content (AvgIpc) is 3.16. The number of thioether (sulfide) groups is 1. The molecule has 2 heterocycles. The first-order valence-electron chi connectivity index (χ1n) is 6.90. The summed E-state index contributed by atoms with van der Waals surface area (Å²) in [6, 6.07) is 10.5. The van der Waals surface area contributed by atoms with Crippen LogP contribution in [-0.2, 0) is 0 Å². The number of hydrogen-bond donors (Lipinski definition) is 0. The summed E-state index contributed by atoms with van der Waals surface area (Å²) in [6.45, 7) is 4.53. The van der Waals surface area contributed by atoms with Crippen LogP contribution in [0.15, 0.2) is 53.5 Å². The highest BCUT2D eigenvalue weighted by molar-refractivity contribution is 8.09. The normalized spacial score (nSPS) is 20.0. The van der Waals surface area contributed by atoms with E-state index in [1.807, 2.05) is 17.8 Å². The Labute approximate surface area is 123 Å². The highest BCUT2D eigenvalue weighted by Crippen LogP contribution is 2.45. The molecule has 4 heteroatoms. The SMILES string of the molecule is CCC(C)C1SC(c2cnco2)=CN1c1ccccc1. The van der Waals surface area contributed by atoms with Gasteiger partial charge in [-0.25, -0.2) is 4.98 Å². The molecular formula is C16H18N2OS. The van der Waals surface area contributed by atoms with Gasteiger partial charge in [0.25, 0.3) is 0 Å². The summed E-state index contributed by atoms with van der Waals surface area (Å²) in [6.07, 6.45) is 6.59. The molecule has 104 valence electrons. The van der Waals surface area contributed by atoms with Crippen LogP contribution in [-0.4, -0.2) is 10.4 Å². The summed E-state index contributed by atoms with van der Waals surface area (Å²) in [5.74, 6) is 1.44. The zero-order valence-corrected chi connectivity index (χ0v) is 12.5. The molecule has 1 aromatic heterocycles. The average molecular weight is 286 g/mol. The van der Waals surface area contributed by atoms with Crippen LogP contribution in [0.1, 0.15) is 26.0 Å². The van der Waals surface area contributed by atoms with Gasteiger partial charge in [-0.1, -0.05) is 50.2 Å². The monoisotopic (exact) mass is 286 g/mol. The first kappa shape index (κ1) is 13.3. The van der Waals surface area contributed by atoms with E-state index in [9.17, 15) is 0 Å². The van der Waals surface area contributed by atoms with Crippen LogP contribution in [0.5, 0.6) is 0 Å². The summed E-state index contributed by atoms with van der Waals surface area (Å²) in [5.41, 5.74) is 1.22. The van der Waals surface area contributed by atoms with Gasteiger partial charge in [-0.2, -0.15) is 0 Å². The Morgan fingerprint density at radius 2 is 2.15 bits per heavy atom. The summed E-state index contributed by atoms with van der Waals surface area (Å²) < 4.78 is 5.44. The van der Waals surface area contributed by atoms with Crippen molar-refractivity contribution in [2.45, 2.75) is 25.6 Å². The zero-order chi connectivity index (χ0) is 13.9. The molecule has 0 spiro atoms. The van der Waals surface area contributed by atoms with Gasteiger partial charge < -0.3 is 9.32 Å². The highest BCUT2D eigenvalue weighted by atomic mass is 32.2. The smallest absolute Gasteiger partial charge is 0.181 e. The molecule has 0 saturated heterocycles. The molecule has 20 heavy (non-hydrogen) atoms. The second-order valence-electron chi connectivity index (χ2n) is 5.00. The van der Waals surface area contributed by atoms with Crippen LogP contribution in [0.25, 0.3) is 4.91 Å². The zero-order valence-electron chi connectivity index (χ0n) is 11.7. The van der Waals surface area contributed by atoms with E-state index in [4.69, 9.17) is 4.42 Å². The fraction of sp³-hybridized carbons (Fsp3) is 0.312. The molecule has 3 nitrogen and oxygen atoms in total. The van der Waals surface area contributed by atoms with Crippen LogP contribution in [0.2, 0.25) is 0 Å². The van der Waals surface area contributed by atoms with E-state index in [0.29, 0.717) is 11.3 Å². The predicted molar refractivity (Wildman–Crippen MR) is 84.2 cm³/mol. The molecule has 1 aliphatic heterocycles. The van der Waals surface area contributed by atoms with Crippen LogP contribution in [0, 0.1) is 5.92 Å². The maximum Gasteiger partial charge on any atom is 0.181 e. The number of aromatic nitrogens is 1. The topological polar surface area (TPSA) is 29.3 Å². The van der Waals surface area contributed by atoms with Gasteiger partial charge in [-0.05, 0) is 18.1 Å². The minimum atomic E-state index is 0.405. The lowest BCUT2D eigenvalue weighted by molar-refractivity contribution is 0.539. The Morgan fingerprint density at radius 1 is 1.35 bits per heavy atom. The summed E-state index contributed by atoms with van der Waals surface area (Å²) in [7, 11) is 0. The third kappa shape index (κ3) is 2.48. The van der Waals surface area contributed by atoms with Crippen LogP contribution in [0.4, 0.5) is 5.69 Å². The second-order valence-corrected chi connectivity index (χ2v) is 6.15. The van der Waals surface area contributed by atoms with Gasteiger partial charge in [0.2, 0.25) is 0 Å². The Hall–Kier alpha value is -1.68. The maximum absolute atomic E-state index is 5.44. The molecule has 0 N–H and O–H groups in total. The van der Waals surface area contributed by atoms with Gasteiger partial charge in [-0.15, -0.1) is 0 Å². The summed E-state index contributed by atoms with van der Waals surface area (Å²) in [4.78, 5) is 7.51. The number of anilines is 1. The second kappa shape index (κ2) is 5.75. The van der Waals surface area contributed by atoms with Crippen molar-refractivity contribution in [3.05, 3.63) is 54.9 Å². The van der Waals surface area contributed by atoms with E-state index in [2.05, 4.69) is 54.2 Å². The van der Waals surface area contributed by atoms with Gasteiger partial charge in [0.15, 0.2) is 12.2 Å². The fourth-order valence-corrected chi connectivity index (χ4v) is 3.66. The lowest BCUT2D eigenvalue weighted by Crippen LogP contribution is -2.29. The lowest BCUT2D eigenvalue weighted by Gasteiger charge is -2.29. The van der Waals surface area contributed by atoms with Crippen molar-refractivity contribution >= 4 is 22.4 Å². The molecule has 0 bridgehead atoms. The van der Waals surface area contributed by atoms with Crippen molar-refractivity contribution in [1.82, 2.24) is 4.98 Å². The molecule has 0 aliphatic carbocycles. The standard InChI is InChI=1S/C16H18N2OS/c1-3-12(2)16-18(13-7-5-4-6-8-13)10-15(20-16)14-9-17-11-19-14/h4-12,16H,3H2,1-2H3. The molecule has 2 aromatic rings. The van der Waals surface area contributed by atoms with Crippen molar-refractivity contribution in [2.24, 2.45) is 5.92 Å². The molecule has 0 fully saturated rings. The van der Waals surface area contributed by atoms with Crippen LogP contribution < -0.4 is 4.90 Å². The third-order valence-corrected chi connectivity index (χ3v) is 5.13. The van der Waals surface area contributed by atoms with E-state index < -0.39 is 0 Å². The number of nitrogens with zero attached hydrogens (tertiary/aromatic N) is 2. The Morgan fingerprint density at radius 3 is 2.80 bits per heavy atom. The molecule has 3 rings (SSSR count). The van der Waals surface area contributed by atoms with Gasteiger partial charge in [0.1, 0.15) is 0 Å². The van der Waals surface area contributed by atoms with Crippen LogP contribution >= 0.6 is 11.8 Å². The molecule has 0 saturated carbocycles. The van der Waals surface area contributed by atoms with Gasteiger partial charge >= 0.3 is 0 Å². The first-order valence-corrected chi connectivity index (χ1v) is 7.78. The predicted octanol–water partition coefficient (Wildman–Crippen LogP) is 4.60. The van der Waals surface area contributed by atoms with Crippen molar-refractivity contribution < 1.29 is 4.42 Å². The minimum absolute atomic E-state index is 0.405. The Kier molecular flexibility index (Phi) is 3.83. The highest BCUT2D eigenvalue weighted by Gasteiger charge is 2.31. The Balaban J connectivity index is 1.94. The van der Waals surface area contributed by atoms with E-state index in [1.165, 1.54) is 12.1 Å². The Bertz CT molecular complexity index is 580. The number of benzene rings is 1. The van der Waals surface area contributed by atoms with Crippen LogP contribution in [0.3, 0.4) is 0 Å². The first-order chi connectivity index (χ1) is 9.79. The number of rotatable bonds is 4. The summed E-state index contributed by atoms with van der Waals surface area (Å²) in [5, 5.41) is 0.405. The van der Waals surface area contributed by atoms with Gasteiger partial charge in [0.05, 0.1) is 16.5 Å². The van der Waals surface area contributed by atoms with Crippen molar-refractivity contribution in [3.8, 4) is 0 Å². The molecule has 0 radical (unpaired) electrons. The van der Waals surface area contributed by atoms with Crippen molar-refractivity contribution in [3.63, 3.8) is 0 Å². The van der Waals surface area contributed by atoms with E-state index in [0.717, 1.165) is 17.1 Å². The molecule has 1 aliphatic rings. The van der Waals surface area contributed by atoms with Crippen molar-refractivity contribution in [1.29, 1.82) is 0 Å². The maximum atomic E-state index is 5.44. The van der Waals surface area contributed by atoms with E-state index in [-0.39, 0.29) is 0 Å². The molecule has 0 amide bonds. The van der Waals surface area contributed by atoms with Gasteiger partial charge in [-0.3, -0.25) is 0 Å². The number of oxazole rings is 1. The fourth-order valence-electron chi connectivity index (χ4n) is 2.29. The minimum Gasteiger partial charge on any atom is -0.443 e. The van der Waals surface area contributed by atoms with Crippen molar-refractivity contribution in [2.75, 3.05) is 4.90 Å².